The molecule has 0 radical (unpaired) electrons. The second-order valence-corrected chi connectivity index (χ2v) is 9.87. The van der Waals surface area contributed by atoms with Crippen molar-refractivity contribution < 1.29 is 14.3 Å². The Labute approximate surface area is 189 Å². The molecule has 0 bridgehead atoms. The average molecular weight is 453 g/mol. The molecule has 1 saturated carbocycles. The maximum absolute atomic E-state index is 13.5. The Morgan fingerprint density at radius 2 is 1.87 bits per heavy atom. The maximum Gasteiger partial charge on any atom is 0.264 e. The summed E-state index contributed by atoms with van der Waals surface area (Å²) in [6.45, 7) is 1.19. The molecule has 31 heavy (non-hydrogen) atoms. The predicted octanol–water partition coefficient (Wildman–Crippen LogP) is 4.62. The van der Waals surface area contributed by atoms with Gasteiger partial charge in [0.15, 0.2) is 0 Å². The third-order valence-electron chi connectivity index (χ3n) is 5.85. The highest BCUT2D eigenvalue weighted by molar-refractivity contribution is 7.12. The number of para-hydroxylation sites is 1. The van der Waals surface area contributed by atoms with E-state index in [0.29, 0.717) is 18.0 Å². The molecule has 5 nitrogen and oxygen atoms in total. The highest BCUT2D eigenvalue weighted by Crippen LogP contribution is 2.35. The number of ether oxygens (including phenoxy) is 1. The second kappa shape index (κ2) is 8.85. The van der Waals surface area contributed by atoms with Crippen molar-refractivity contribution in [3.8, 4) is 5.75 Å². The van der Waals surface area contributed by atoms with Crippen LogP contribution in [0.5, 0.6) is 5.75 Å². The van der Waals surface area contributed by atoms with Gasteiger partial charge in [-0.05, 0) is 59.9 Å². The second-order valence-electron chi connectivity index (χ2n) is 7.92. The van der Waals surface area contributed by atoms with E-state index >= 15 is 0 Å². The number of rotatable bonds is 7. The van der Waals surface area contributed by atoms with Crippen LogP contribution in [-0.4, -0.2) is 47.4 Å². The van der Waals surface area contributed by atoms with E-state index in [1.165, 1.54) is 21.8 Å². The minimum Gasteiger partial charge on any atom is -0.491 e. The highest BCUT2D eigenvalue weighted by atomic mass is 32.1. The monoisotopic (exact) mass is 452 g/mol. The van der Waals surface area contributed by atoms with E-state index in [9.17, 15) is 9.59 Å². The van der Waals surface area contributed by atoms with E-state index in [1.54, 1.807) is 16.2 Å². The van der Waals surface area contributed by atoms with E-state index in [2.05, 4.69) is 11.4 Å². The Hall–Kier alpha value is -2.64. The minimum absolute atomic E-state index is 0.00434. The van der Waals surface area contributed by atoms with E-state index in [0.717, 1.165) is 25.0 Å². The van der Waals surface area contributed by atoms with Crippen LogP contribution in [0, 0.1) is 0 Å². The first kappa shape index (κ1) is 20.3. The first-order chi connectivity index (χ1) is 15.2. The summed E-state index contributed by atoms with van der Waals surface area (Å²) < 4.78 is 6.06. The maximum atomic E-state index is 13.5. The average Bonchev–Trinajstić information content (AvgIpc) is 3.27. The van der Waals surface area contributed by atoms with Crippen molar-refractivity contribution in [1.82, 2.24) is 9.80 Å². The van der Waals surface area contributed by atoms with Gasteiger partial charge in [0.25, 0.3) is 5.91 Å². The quantitative estimate of drug-likeness (QED) is 0.526. The van der Waals surface area contributed by atoms with Gasteiger partial charge in [-0.2, -0.15) is 0 Å². The molecule has 1 aromatic carbocycles. The van der Waals surface area contributed by atoms with Gasteiger partial charge in [0.1, 0.15) is 18.9 Å². The fourth-order valence-electron chi connectivity index (χ4n) is 4.10. The van der Waals surface area contributed by atoms with Crippen molar-refractivity contribution in [2.24, 2.45) is 0 Å². The van der Waals surface area contributed by atoms with Crippen molar-refractivity contribution >= 4 is 34.5 Å². The Kier molecular flexibility index (Phi) is 5.78. The van der Waals surface area contributed by atoms with Crippen molar-refractivity contribution in [3.05, 3.63) is 74.6 Å². The molecular formula is C24H24N2O3S2. The van der Waals surface area contributed by atoms with Crippen LogP contribution in [0.2, 0.25) is 0 Å². The summed E-state index contributed by atoms with van der Waals surface area (Å²) in [6, 6.07) is 15.6. The van der Waals surface area contributed by atoms with Gasteiger partial charge < -0.3 is 14.5 Å². The number of hydrogen-bond acceptors (Lipinski definition) is 5. The van der Waals surface area contributed by atoms with Crippen LogP contribution >= 0.6 is 22.7 Å². The normalized spacial score (nSPS) is 17.8. The molecule has 3 heterocycles. The number of carbonyl (C=O) groups excluding carboxylic acids is 2. The largest absolute Gasteiger partial charge is 0.491 e. The molecular weight excluding hydrogens is 428 g/mol. The van der Waals surface area contributed by atoms with Crippen LogP contribution in [0.25, 0.3) is 0 Å². The molecule has 1 aliphatic heterocycles. The lowest BCUT2D eigenvalue weighted by atomic mass is 10.0. The summed E-state index contributed by atoms with van der Waals surface area (Å²) in [5.74, 6) is 0.760. The van der Waals surface area contributed by atoms with Gasteiger partial charge >= 0.3 is 0 Å². The number of amides is 2. The van der Waals surface area contributed by atoms with E-state index in [-0.39, 0.29) is 30.4 Å². The van der Waals surface area contributed by atoms with Crippen molar-refractivity contribution in [2.75, 3.05) is 19.7 Å². The summed E-state index contributed by atoms with van der Waals surface area (Å²) in [7, 11) is 0. The standard InChI is InChI=1S/C24H24N2O3S2/c27-23(15-26(17-8-9-17)24(28)22-7-4-13-30-22)25-12-10-21-19(11-14-31-21)20(25)16-29-18-5-2-1-3-6-18/h1-7,11,13-14,17,20H,8-10,12,15-16H2/t20-/m1/s1. The molecule has 5 rings (SSSR count). The van der Waals surface area contributed by atoms with Gasteiger partial charge in [-0.1, -0.05) is 24.3 Å². The molecule has 2 amide bonds. The van der Waals surface area contributed by atoms with Crippen molar-refractivity contribution in [2.45, 2.75) is 31.3 Å². The number of nitrogens with zero attached hydrogens (tertiary/aromatic N) is 2. The summed E-state index contributed by atoms with van der Waals surface area (Å²) >= 11 is 3.17. The van der Waals surface area contributed by atoms with Gasteiger partial charge in [-0.3, -0.25) is 9.59 Å². The molecule has 7 heteroatoms. The first-order valence-electron chi connectivity index (χ1n) is 10.6. The van der Waals surface area contributed by atoms with Crippen LogP contribution in [-0.2, 0) is 11.2 Å². The molecule has 3 aromatic rings. The number of carbonyl (C=O) groups is 2. The lowest BCUT2D eigenvalue weighted by molar-refractivity contribution is -0.135. The van der Waals surface area contributed by atoms with Gasteiger partial charge in [0.2, 0.25) is 5.91 Å². The van der Waals surface area contributed by atoms with Crippen LogP contribution < -0.4 is 4.74 Å². The SMILES string of the molecule is O=C(c1cccs1)N(CC(=O)N1CCc2sccc2[C@H]1COc1ccccc1)C1CC1. The molecule has 0 saturated heterocycles. The fraction of sp³-hybridized carbons (Fsp3) is 0.333. The number of hydrogen-bond donors (Lipinski definition) is 0. The van der Waals surface area contributed by atoms with Crippen LogP contribution in [0.4, 0.5) is 0 Å². The Morgan fingerprint density at radius 3 is 2.61 bits per heavy atom. The number of thiophene rings is 2. The molecule has 0 N–H and O–H groups in total. The molecule has 1 fully saturated rings. The Balaban J connectivity index is 1.34. The van der Waals surface area contributed by atoms with Crippen LogP contribution in [0.15, 0.2) is 59.3 Å². The summed E-state index contributed by atoms with van der Waals surface area (Å²) in [6.07, 6.45) is 2.79. The zero-order valence-electron chi connectivity index (χ0n) is 17.1. The molecule has 0 unspecified atom stereocenters. The molecule has 160 valence electrons. The van der Waals surface area contributed by atoms with Crippen molar-refractivity contribution in [3.63, 3.8) is 0 Å². The van der Waals surface area contributed by atoms with Crippen LogP contribution in [0.1, 0.15) is 39.0 Å². The third kappa shape index (κ3) is 4.38. The molecule has 1 aliphatic carbocycles. The number of benzene rings is 1. The summed E-state index contributed by atoms with van der Waals surface area (Å²) in [5.41, 5.74) is 1.17. The summed E-state index contributed by atoms with van der Waals surface area (Å²) in [4.78, 5) is 32.1. The topological polar surface area (TPSA) is 49.9 Å². The highest BCUT2D eigenvalue weighted by Gasteiger charge is 2.38. The lowest BCUT2D eigenvalue weighted by Gasteiger charge is -2.37. The molecule has 2 aliphatic rings. The van der Waals surface area contributed by atoms with E-state index in [4.69, 9.17) is 4.74 Å². The van der Waals surface area contributed by atoms with Gasteiger partial charge in [-0.15, -0.1) is 22.7 Å². The third-order valence-corrected chi connectivity index (χ3v) is 7.71. The van der Waals surface area contributed by atoms with Gasteiger partial charge in [0, 0.05) is 17.5 Å². The zero-order valence-corrected chi connectivity index (χ0v) is 18.7. The minimum atomic E-state index is -0.138. The molecule has 1 atom stereocenters. The predicted molar refractivity (Wildman–Crippen MR) is 123 cm³/mol. The molecule has 0 spiro atoms. The van der Waals surface area contributed by atoms with Gasteiger partial charge in [0.05, 0.1) is 10.9 Å². The first-order valence-corrected chi connectivity index (χ1v) is 12.3. The Morgan fingerprint density at radius 1 is 1.03 bits per heavy atom. The van der Waals surface area contributed by atoms with Gasteiger partial charge in [-0.25, -0.2) is 0 Å². The summed E-state index contributed by atoms with van der Waals surface area (Å²) in [5, 5.41) is 3.99. The Bertz CT molecular complexity index is 1040. The molecule has 2 aromatic heterocycles. The number of fused-ring (bicyclic) bond motifs is 1. The smallest absolute Gasteiger partial charge is 0.264 e. The lowest BCUT2D eigenvalue weighted by Crippen LogP contribution is -2.48. The zero-order chi connectivity index (χ0) is 21.2. The fourth-order valence-corrected chi connectivity index (χ4v) is 5.70. The van der Waals surface area contributed by atoms with Crippen molar-refractivity contribution in [1.29, 1.82) is 0 Å². The van der Waals surface area contributed by atoms with E-state index < -0.39 is 0 Å². The van der Waals surface area contributed by atoms with E-state index in [1.807, 2.05) is 52.7 Å². The van der Waals surface area contributed by atoms with Crippen LogP contribution in [0.3, 0.4) is 0 Å².